The van der Waals surface area contributed by atoms with E-state index in [-0.39, 0.29) is 12.7 Å². The largest absolute Gasteiger partial charge is 0.478 e. The number of nitrogens with zero attached hydrogens (tertiary/aromatic N) is 1. The molecule has 1 atom stereocenters. The minimum Gasteiger partial charge on any atom is -0.478 e. The molecule has 0 aliphatic rings. The van der Waals surface area contributed by atoms with E-state index < -0.39 is 23.2 Å². The van der Waals surface area contributed by atoms with E-state index >= 15 is 0 Å². The summed E-state index contributed by atoms with van der Waals surface area (Å²) in [6.45, 7) is 0.430. The predicted octanol–water partition coefficient (Wildman–Crippen LogP) is 2.18. The van der Waals surface area contributed by atoms with Gasteiger partial charge in [0.1, 0.15) is 6.61 Å². The molecule has 32 heavy (non-hydrogen) atoms. The molecule has 0 bridgehead atoms. The van der Waals surface area contributed by atoms with E-state index in [0.29, 0.717) is 24.1 Å². The molecule has 0 spiro atoms. The van der Waals surface area contributed by atoms with Crippen LogP contribution in [-0.4, -0.2) is 46.4 Å². The van der Waals surface area contributed by atoms with E-state index in [1.807, 2.05) is 6.07 Å². The molecular formula is C23H24N2O7. The number of aromatic amines is 1. The second-order valence-corrected chi connectivity index (χ2v) is 6.59. The number of nitrogens with one attached hydrogen (secondary N) is 1. The van der Waals surface area contributed by atoms with Crippen LogP contribution in [0, 0.1) is 0 Å². The van der Waals surface area contributed by atoms with Crippen LogP contribution in [0.3, 0.4) is 0 Å². The van der Waals surface area contributed by atoms with Crippen LogP contribution in [0.4, 0.5) is 0 Å². The average molecular weight is 440 g/mol. The quantitative estimate of drug-likeness (QED) is 0.514. The van der Waals surface area contributed by atoms with Crippen LogP contribution in [0.15, 0.2) is 82.5 Å². The molecule has 0 aliphatic carbocycles. The molecule has 2 aromatic carbocycles. The number of aromatic carboxylic acids is 1. The zero-order valence-corrected chi connectivity index (χ0v) is 17.5. The SMILES string of the molecule is COC(CCn1ccc(=O)[nH]c1=O)COC(=O)c1ccccc1.O=C(O)c1ccccc1. The first kappa shape index (κ1) is 24.3. The molecule has 0 saturated carbocycles. The van der Waals surface area contributed by atoms with Gasteiger partial charge in [-0.2, -0.15) is 0 Å². The average Bonchev–Trinajstić information content (AvgIpc) is 2.81. The molecule has 2 N–H and O–H groups in total. The normalized spacial score (nSPS) is 11.0. The number of hydrogen-bond acceptors (Lipinski definition) is 6. The van der Waals surface area contributed by atoms with Crippen molar-refractivity contribution in [3.05, 3.63) is 105 Å². The molecule has 0 fully saturated rings. The second kappa shape index (κ2) is 12.7. The molecular weight excluding hydrogens is 416 g/mol. The highest BCUT2D eigenvalue weighted by Gasteiger charge is 2.13. The van der Waals surface area contributed by atoms with Gasteiger partial charge in [0.25, 0.3) is 5.56 Å². The standard InChI is InChI=1S/C16H18N2O5.C7H6O2/c1-22-13(7-9-18-10-8-14(19)17-16(18)21)11-23-15(20)12-5-3-2-4-6-12;8-7(9)6-4-2-1-3-5-6/h2-6,8,10,13H,7,9,11H2,1H3,(H,17,19,21);1-5H,(H,8,9). The van der Waals surface area contributed by atoms with Crippen LogP contribution >= 0.6 is 0 Å². The molecule has 9 nitrogen and oxygen atoms in total. The summed E-state index contributed by atoms with van der Waals surface area (Å²) in [5.41, 5.74) is -0.114. The number of carboxylic acid groups (broad SMARTS) is 1. The molecule has 1 heterocycles. The zero-order valence-electron chi connectivity index (χ0n) is 17.5. The van der Waals surface area contributed by atoms with Crippen LogP contribution < -0.4 is 11.2 Å². The molecule has 3 aromatic rings. The van der Waals surface area contributed by atoms with Gasteiger partial charge in [-0.3, -0.25) is 9.78 Å². The van der Waals surface area contributed by atoms with E-state index in [1.165, 1.54) is 23.9 Å². The number of rotatable bonds is 8. The van der Waals surface area contributed by atoms with Gasteiger partial charge in [0.15, 0.2) is 0 Å². The predicted molar refractivity (Wildman–Crippen MR) is 117 cm³/mol. The third-order valence-corrected chi connectivity index (χ3v) is 4.35. The molecule has 1 unspecified atom stereocenters. The summed E-state index contributed by atoms with van der Waals surface area (Å²) in [5.74, 6) is -1.30. The number of carboxylic acids is 1. The molecule has 0 aliphatic heterocycles. The van der Waals surface area contributed by atoms with E-state index in [0.717, 1.165) is 0 Å². The van der Waals surface area contributed by atoms with Gasteiger partial charge in [0.2, 0.25) is 0 Å². The summed E-state index contributed by atoms with van der Waals surface area (Å²) in [4.78, 5) is 46.8. The number of carbonyl (C=O) groups excluding carboxylic acids is 1. The van der Waals surface area contributed by atoms with E-state index in [1.54, 1.807) is 54.6 Å². The number of H-pyrrole nitrogens is 1. The van der Waals surface area contributed by atoms with Crippen LogP contribution in [-0.2, 0) is 16.0 Å². The summed E-state index contributed by atoms with van der Waals surface area (Å²) >= 11 is 0. The number of methoxy groups -OCH3 is 1. The summed E-state index contributed by atoms with van der Waals surface area (Å²) < 4.78 is 11.8. The van der Waals surface area contributed by atoms with Crippen molar-refractivity contribution in [2.45, 2.75) is 19.1 Å². The van der Waals surface area contributed by atoms with Crippen molar-refractivity contribution < 1.29 is 24.2 Å². The number of benzene rings is 2. The monoisotopic (exact) mass is 440 g/mol. The minimum absolute atomic E-state index is 0.0856. The summed E-state index contributed by atoms with van der Waals surface area (Å²) in [5, 5.41) is 8.38. The fraction of sp³-hybridized carbons (Fsp3) is 0.217. The Labute approximate surface area is 183 Å². The van der Waals surface area contributed by atoms with Gasteiger partial charge < -0.3 is 19.1 Å². The van der Waals surface area contributed by atoms with Gasteiger partial charge >= 0.3 is 17.6 Å². The smallest absolute Gasteiger partial charge is 0.338 e. The lowest BCUT2D eigenvalue weighted by molar-refractivity contribution is 0.00650. The van der Waals surface area contributed by atoms with Gasteiger partial charge in [-0.05, 0) is 30.7 Å². The lowest BCUT2D eigenvalue weighted by Gasteiger charge is -2.16. The lowest BCUT2D eigenvalue weighted by atomic mass is 10.2. The van der Waals surface area contributed by atoms with Crippen molar-refractivity contribution in [1.29, 1.82) is 0 Å². The first-order valence-corrected chi connectivity index (χ1v) is 9.73. The Hall–Kier alpha value is -3.98. The Kier molecular flexibility index (Phi) is 9.61. The highest BCUT2D eigenvalue weighted by atomic mass is 16.6. The Morgan fingerprint density at radius 3 is 2.06 bits per heavy atom. The van der Waals surface area contributed by atoms with E-state index in [9.17, 15) is 19.2 Å². The van der Waals surface area contributed by atoms with E-state index in [4.69, 9.17) is 14.6 Å². The lowest BCUT2D eigenvalue weighted by Crippen LogP contribution is -2.31. The van der Waals surface area contributed by atoms with Crippen molar-refractivity contribution in [3.8, 4) is 0 Å². The van der Waals surface area contributed by atoms with Gasteiger partial charge in [-0.25, -0.2) is 14.4 Å². The number of aromatic nitrogens is 2. The van der Waals surface area contributed by atoms with Crippen molar-refractivity contribution in [2.75, 3.05) is 13.7 Å². The van der Waals surface area contributed by atoms with Crippen molar-refractivity contribution in [1.82, 2.24) is 9.55 Å². The summed E-state index contributed by atoms with van der Waals surface area (Å²) in [7, 11) is 1.51. The number of ether oxygens (including phenoxy) is 2. The van der Waals surface area contributed by atoms with Gasteiger partial charge in [-0.15, -0.1) is 0 Å². The highest BCUT2D eigenvalue weighted by molar-refractivity contribution is 5.89. The fourth-order valence-corrected chi connectivity index (χ4v) is 2.58. The van der Waals surface area contributed by atoms with E-state index in [2.05, 4.69) is 4.98 Å². The van der Waals surface area contributed by atoms with Gasteiger partial charge in [0.05, 0.1) is 17.2 Å². The molecule has 0 radical (unpaired) electrons. The molecule has 3 rings (SSSR count). The summed E-state index contributed by atoms with van der Waals surface area (Å²) in [6.07, 6.45) is 1.54. The third kappa shape index (κ3) is 8.04. The van der Waals surface area contributed by atoms with Crippen molar-refractivity contribution >= 4 is 11.9 Å². The Morgan fingerprint density at radius 1 is 0.969 bits per heavy atom. The first-order valence-electron chi connectivity index (χ1n) is 9.73. The number of esters is 1. The molecule has 9 heteroatoms. The number of carbonyl (C=O) groups is 2. The maximum atomic E-state index is 11.9. The van der Waals surface area contributed by atoms with Crippen LogP contribution in [0.5, 0.6) is 0 Å². The minimum atomic E-state index is -0.879. The van der Waals surface area contributed by atoms with Gasteiger partial charge in [-0.1, -0.05) is 36.4 Å². The second-order valence-electron chi connectivity index (χ2n) is 6.59. The van der Waals surface area contributed by atoms with Crippen molar-refractivity contribution in [2.24, 2.45) is 0 Å². The number of hydrogen-bond donors (Lipinski definition) is 2. The summed E-state index contributed by atoms with van der Waals surface area (Å²) in [6, 6.07) is 18.2. The maximum Gasteiger partial charge on any atom is 0.338 e. The Morgan fingerprint density at radius 2 is 1.56 bits per heavy atom. The Balaban J connectivity index is 0.000000336. The fourth-order valence-electron chi connectivity index (χ4n) is 2.58. The Bertz CT molecular complexity index is 1110. The van der Waals surface area contributed by atoms with Crippen molar-refractivity contribution in [3.63, 3.8) is 0 Å². The topological polar surface area (TPSA) is 128 Å². The van der Waals surface area contributed by atoms with Crippen LogP contribution in [0.1, 0.15) is 27.1 Å². The van der Waals surface area contributed by atoms with Crippen LogP contribution in [0.2, 0.25) is 0 Å². The number of aryl methyl sites for hydroxylation is 1. The van der Waals surface area contributed by atoms with Gasteiger partial charge in [0, 0.05) is 25.9 Å². The third-order valence-electron chi connectivity index (χ3n) is 4.35. The molecule has 0 saturated heterocycles. The molecule has 0 amide bonds. The maximum absolute atomic E-state index is 11.9. The first-order chi connectivity index (χ1) is 15.4. The van der Waals surface area contributed by atoms with Crippen LogP contribution in [0.25, 0.3) is 0 Å². The zero-order chi connectivity index (χ0) is 23.3. The highest BCUT2D eigenvalue weighted by Crippen LogP contribution is 2.05. The molecule has 1 aromatic heterocycles. The molecule has 168 valence electrons.